The van der Waals surface area contributed by atoms with Gasteiger partial charge in [0.2, 0.25) is 11.8 Å². The van der Waals surface area contributed by atoms with E-state index in [1.54, 1.807) is 4.90 Å². The van der Waals surface area contributed by atoms with Crippen LogP contribution in [0.1, 0.15) is 55.3 Å². The van der Waals surface area contributed by atoms with Crippen LogP contribution in [-0.4, -0.2) is 33.3 Å². The second-order valence-electron chi connectivity index (χ2n) is 9.40. The number of nitrogens with one attached hydrogen (secondary N) is 1. The van der Waals surface area contributed by atoms with Gasteiger partial charge in [0.15, 0.2) is 0 Å². The molecule has 0 spiro atoms. The second kappa shape index (κ2) is 7.36. The number of carbonyl (C=O) groups excluding carboxylic acids is 2. The lowest BCUT2D eigenvalue weighted by Gasteiger charge is -2.26. The zero-order valence-corrected chi connectivity index (χ0v) is 18.8. The van der Waals surface area contributed by atoms with E-state index in [1.807, 2.05) is 52.2 Å². The summed E-state index contributed by atoms with van der Waals surface area (Å²) in [6.45, 7) is 8.49. The van der Waals surface area contributed by atoms with Gasteiger partial charge in [-0.2, -0.15) is 0 Å². The molecular weight excluding hydrogens is 402 g/mol. The quantitative estimate of drug-likeness (QED) is 0.807. The molecule has 2 saturated heterocycles. The summed E-state index contributed by atoms with van der Waals surface area (Å²) in [6.07, 6.45) is 9.35. The number of anilines is 1. The Bertz CT molecular complexity index is 1180. The highest BCUT2D eigenvalue weighted by Gasteiger charge is 2.52. The smallest absolute Gasteiger partial charge is 0.238 e. The number of nitrogens with zero attached hydrogens (tertiary/aromatic N) is 4. The van der Waals surface area contributed by atoms with Crippen LogP contribution in [0, 0.1) is 25.2 Å². The molecular formula is C25H27N5O2. The molecule has 3 aliphatic rings. The van der Waals surface area contributed by atoms with Crippen molar-refractivity contribution in [3.8, 4) is 0 Å². The van der Waals surface area contributed by atoms with Crippen LogP contribution in [0.5, 0.6) is 0 Å². The maximum Gasteiger partial charge on any atom is 0.238 e. The number of carbonyl (C=O) groups is 2. The first-order chi connectivity index (χ1) is 15.3. The Morgan fingerprint density at radius 2 is 1.88 bits per heavy atom. The van der Waals surface area contributed by atoms with Gasteiger partial charge in [-0.3, -0.25) is 14.5 Å². The molecule has 32 heavy (non-hydrogen) atoms. The SMILES string of the molecule is Cc1ncc(C2=CCC3C(=C2)N(c2ccc(C)c(C4CCNC4=O)n2)C(=O)C3(C)C)cn1. The Morgan fingerprint density at radius 1 is 1.12 bits per heavy atom. The average Bonchev–Trinajstić information content (AvgIpc) is 3.28. The van der Waals surface area contributed by atoms with Crippen molar-refractivity contribution in [2.75, 3.05) is 11.4 Å². The van der Waals surface area contributed by atoms with Crippen LogP contribution in [0.25, 0.3) is 5.57 Å². The standard InChI is InChI=1S/C25H27N5O2/c1-14-5-8-21(29-22(14)18-9-10-26-23(18)31)30-20-11-16(17-12-27-15(2)28-13-17)6-7-19(20)25(3,4)24(30)32/h5-6,8,11-13,18-19H,7,9-10H2,1-4H3,(H,26,31). The second-order valence-corrected chi connectivity index (χ2v) is 9.40. The summed E-state index contributed by atoms with van der Waals surface area (Å²) in [5, 5.41) is 2.89. The molecule has 0 aromatic carbocycles. The molecule has 2 atom stereocenters. The number of aromatic nitrogens is 3. The molecule has 2 fully saturated rings. The van der Waals surface area contributed by atoms with Gasteiger partial charge in [0.25, 0.3) is 0 Å². The maximum absolute atomic E-state index is 13.6. The molecule has 1 aliphatic carbocycles. The third-order valence-electron chi connectivity index (χ3n) is 6.96. The zero-order chi connectivity index (χ0) is 22.6. The summed E-state index contributed by atoms with van der Waals surface area (Å²) in [4.78, 5) is 41.2. The van der Waals surface area contributed by atoms with Gasteiger partial charge >= 0.3 is 0 Å². The van der Waals surface area contributed by atoms with E-state index in [9.17, 15) is 9.59 Å². The van der Waals surface area contributed by atoms with E-state index in [-0.39, 0.29) is 23.7 Å². The van der Waals surface area contributed by atoms with Crippen LogP contribution < -0.4 is 10.2 Å². The highest BCUT2D eigenvalue weighted by molar-refractivity contribution is 6.04. The largest absolute Gasteiger partial charge is 0.355 e. The van der Waals surface area contributed by atoms with E-state index in [2.05, 4.69) is 27.4 Å². The number of pyridine rings is 1. The van der Waals surface area contributed by atoms with Crippen molar-refractivity contribution in [3.63, 3.8) is 0 Å². The summed E-state index contributed by atoms with van der Waals surface area (Å²) in [7, 11) is 0. The molecule has 4 heterocycles. The summed E-state index contributed by atoms with van der Waals surface area (Å²) < 4.78 is 0. The molecule has 2 amide bonds. The van der Waals surface area contributed by atoms with Crippen LogP contribution in [0.2, 0.25) is 0 Å². The summed E-state index contributed by atoms with van der Waals surface area (Å²) in [6, 6.07) is 3.85. The molecule has 1 N–H and O–H groups in total. The van der Waals surface area contributed by atoms with Crippen LogP contribution in [-0.2, 0) is 9.59 Å². The molecule has 2 aromatic heterocycles. The van der Waals surface area contributed by atoms with Gasteiger partial charge in [-0.25, -0.2) is 15.0 Å². The zero-order valence-electron chi connectivity index (χ0n) is 18.8. The van der Waals surface area contributed by atoms with E-state index in [0.717, 1.165) is 46.8 Å². The minimum atomic E-state index is -0.547. The van der Waals surface area contributed by atoms with E-state index in [1.165, 1.54) is 0 Å². The Labute approximate surface area is 187 Å². The maximum atomic E-state index is 13.6. The van der Waals surface area contributed by atoms with Crippen LogP contribution >= 0.6 is 0 Å². The molecule has 5 rings (SSSR count). The Morgan fingerprint density at radius 3 is 2.56 bits per heavy atom. The van der Waals surface area contributed by atoms with Crippen molar-refractivity contribution in [2.45, 2.75) is 46.5 Å². The predicted molar refractivity (Wildman–Crippen MR) is 122 cm³/mol. The van der Waals surface area contributed by atoms with Gasteiger partial charge in [-0.05, 0) is 50.0 Å². The molecule has 0 radical (unpaired) electrons. The Hall–Kier alpha value is -3.35. The molecule has 0 saturated carbocycles. The first kappa shape index (κ1) is 20.5. The number of hydrogen-bond donors (Lipinski definition) is 1. The Kier molecular flexibility index (Phi) is 4.73. The van der Waals surface area contributed by atoms with Gasteiger partial charge in [0.05, 0.1) is 17.0 Å². The molecule has 164 valence electrons. The topological polar surface area (TPSA) is 88.1 Å². The van der Waals surface area contributed by atoms with Gasteiger partial charge in [-0.1, -0.05) is 26.0 Å². The van der Waals surface area contributed by atoms with E-state index < -0.39 is 5.41 Å². The number of hydrogen-bond acceptors (Lipinski definition) is 5. The third-order valence-corrected chi connectivity index (χ3v) is 6.96. The van der Waals surface area contributed by atoms with Gasteiger partial charge < -0.3 is 5.32 Å². The number of allylic oxidation sites excluding steroid dienone is 4. The normalized spacial score (nSPS) is 24.2. The Balaban J connectivity index is 1.58. The van der Waals surface area contributed by atoms with Crippen LogP contribution in [0.3, 0.4) is 0 Å². The molecule has 2 aromatic rings. The minimum absolute atomic E-state index is 0.00479. The number of fused-ring (bicyclic) bond motifs is 1. The minimum Gasteiger partial charge on any atom is -0.355 e. The summed E-state index contributed by atoms with van der Waals surface area (Å²) in [5.41, 5.74) is 4.05. The van der Waals surface area contributed by atoms with Crippen LogP contribution in [0.4, 0.5) is 5.82 Å². The van der Waals surface area contributed by atoms with Crippen molar-refractivity contribution in [1.82, 2.24) is 20.3 Å². The third kappa shape index (κ3) is 3.15. The van der Waals surface area contributed by atoms with Crippen molar-refractivity contribution in [3.05, 3.63) is 65.0 Å². The van der Waals surface area contributed by atoms with E-state index >= 15 is 0 Å². The van der Waals surface area contributed by atoms with Crippen molar-refractivity contribution in [2.24, 2.45) is 11.3 Å². The van der Waals surface area contributed by atoms with Crippen LogP contribution in [0.15, 0.2) is 42.4 Å². The lowest BCUT2D eigenvalue weighted by molar-refractivity contribution is -0.125. The molecule has 0 bridgehead atoms. The van der Waals surface area contributed by atoms with Crippen molar-refractivity contribution >= 4 is 23.2 Å². The highest BCUT2D eigenvalue weighted by atomic mass is 16.2. The van der Waals surface area contributed by atoms with Gasteiger partial charge in [0, 0.05) is 36.1 Å². The number of amides is 2. The van der Waals surface area contributed by atoms with Crippen molar-refractivity contribution in [1.29, 1.82) is 0 Å². The number of rotatable bonds is 3. The molecule has 2 unspecified atom stereocenters. The monoisotopic (exact) mass is 429 g/mol. The lowest BCUT2D eigenvalue weighted by atomic mass is 9.75. The molecule has 7 nitrogen and oxygen atoms in total. The van der Waals surface area contributed by atoms with E-state index in [0.29, 0.717) is 12.4 Å². The fourth-order valence-corrected chi connectivity index (χ4v) is 4.97. The molecule has 2 aliphatic heterocycles. The lowest BCUT2D eigenvalue weighted by Crippen LogP contribution is -2.32. The predicted octanol–water partition coefficient (Wildman–Crippen LogP) is 3.45. The van der Waals surface area contributed by atoms with Crippen molar-refractivity contribution < 1.29 is 9.59 Å². The van der Waals surface area contributed by atoms with Gasteiger partial charge in [-0.15, -0.1) is 0 Å². The fourth-order valence-electron chi connectivity index (χ4n) is 4.97. The first-order valence-corrected chi connectivity index (χ1v) is 11.1. The average molecular weight is 430 g/mol. The highest BCUT2D eigenvalue weighted by Crippen LogP contribution is 2.50. The summed E-state index contributed by atoms with van der Waals surface area (Å²) >= 11 is 0. The number of aryl methyl sites for hydroxylation is 2. The summed E-state index contributed by atoms with van der Waals surface area (Å²) in [5.74, 6) is 1.13. The first-order valence-electron chi connectivity index (χ1n) is 11.1. The molecule has 7 heteroatoms. The van der Waals surface area contributed by atoms with Gasteiger partial charge in [0.1, 0.15) is 11.6 Å². The van der Waals surface area contributed by atoms with E-state index in [4.69, 9.17) is 4.98 Å². The fraction of sp³-hybridized carbons (Fsp3) is 0.400.